The van der Waals surface area contributed by atoms with Crippen molar-refractivity contribution in [3.05, 3.63) is 108 Å². The van der Waals surface area contributed by atoms with Crippen LogP contribution in [-0.2, 0) is 30.3 Å². The quantitative estimate of drug-likeness (QED) is 0.306. The second-order valence-corrected chi connectivity index (χ2v) is 9.46. The molecule has 1 unspecified atom stereocenters. The highest BCUT2D eigenvalue weighted by atomic mass is 32.2. The van der Waals surface area contributed by atoms with Crippen molar-refractivity contribution < 1.29 is 33.3 Å². The number of carbonyl (C=O) groups excluding carboxylic acids is 3. The molecule has 0 aromatic heterocycles. The smallest absolute Gasteiger partial charge is 0.338 e. The molecule has 1 aliphatic heterocycles. The van der Waals surface area contributed by atoms with Crippen molar-refractivity contribution in [3.63, 3.8) is 0 Å². The Labute approximate surface area is 213 Å². The summed E-state index contributed by atoms with van der Waals surface area (Å²) in [4.78, 5) is 37.3. The van der Waals surface area contributed by atoms with Crippen LogP contribution < -0.4 is 0 Å². The molecule has 1 heterocycles. The minimum Gasteiger partial charge on any atom is -0.461 e. The molecule has 0 bridgehead atoms. The molecule has 0 N–H and O–H groups in total. The van der Waals surface area contributed by atoms with Crippen molar-refractivity contribution in [1.29, 1.82) is 0 Å². The molecular weight excluding hydrogens is 480 g/mol. The number of carbonyl (C=O) groups is 3. The molecule has 1 saturated heterocycles. The van der Waals surface area contributed by atoms with E-state index in [2.05, 4.69) is 0 Å². The van der Waals surface area contributed by atoms with Crippen LogP contribution in [0, 0.1) is 0 Å². The van der Waals surface area contributed by atoms with E-state index in [9.17, 15) is 14.4 Å². The highest BCUT2D eigenvalue weighted by Gasteiger charge is 2.50. The zero-order valence-corrected chi connectivity index (χ0v) is 20.5. The molecule has 0 aliphatic carbocycles. The van der Waals surface area contributed by atoms with Crippen molar-refractivity contribution >= 4 is 29.7 Å². The number of esters is 3. The summed E-state index contributed by atoms with van der Waals surface area (Å²) in [5.41, 5.74) is 0.948. The van der Waals surface area contributed by atoms with Crippen LogP contribution in [0.5, 0.6) is 0 Å². The summed E-state index contributed by atoms with van der Waals surface area (Å²) in [6, 6.07) is 26.7. The molecule has 0 radical (unpaired) electrons. The van der Waals surface area contributed by atoms with Crippen molar-refractivity contribution in [3.8, 4) is 0 Å². The van der Waals surface area contributed by atoms with E-state index in [1.54, 1.807) is 60.7 Å². The van der Waals surface area contributed by atoms with Gasteiger partial charge in [-0.1, -0.05) is 66.7 Å². The Morgan fingerprint density at radius 2 is 1.28 bits per heavy atom. The highest BCUT2D eigenvalue weighted by molar-refractivity contribution is 8.00. The number of hydrogen-bond donors (Lipinski definition) is 0. The lowest BCUT2D eigenvalue weighted by molar-refractivity contribution is -0.152. The molecule has 0 spiro atoms. The molecule has 4 rings (SSSR count). The zero-order valence-electron chi connectivity index (χ0n) is 19.6. The lowest BCUT2D eigenvalue weighted by Gasteiger charge is -2.25. The second-order valence-electron chi connectivity index (χ2n) is 8.11. The summed E-state index contributed by atoms with van der Waals surface area (Å²) in [6.45, 7) is 1.47. The summed E-state index contributed by atoms with van der Waals surface area (Å²) < 4.78 is 23.1. The molecule has 7 nitrogen and oxygen atoms in total. The van der Waals surface area contributed by atoms with Gasteiger partial charge in [0.15, 0.2) is 5.44 Å². The first-order chi connectivity index (χ1) is 17.5. The minimum absolute atomic E-state index is 0.0614. The van der Waals surface area contributed by atoms with E-state index in [0.29, 0.717) is 11.1 Å². The molecule has 3 aromatic rings. The maximum Gasteiger partial charge on any atom is 0.338 e. The van der Waals surface area contributed by atoms with E-state index in [4.69, 9.17) is 18.9 Å². The van der Waals surface area contributed by atoms with Crippen LogP contribution >= 0.6 is 11.8 Å². The molecule has 8 heteroatoms. The highest BCUT2D eigenvalue weighted by Crippen LogP contribution is 2.40. The van der Waals surface area contributed by atoms with Gasteiger partial charge in [0.05, 0.1) is 23.0 Å². The molecular formula is C28H26O7S. The molecule has 1 fully saturated rings. The van der Waals surface area contributed by atoms with Gasteiger partial charge >= 0.3 is 17.9 Å². The van der Waals surface area contributed by atoms with Crippen LogP contribution in [0.1, 0.15) is 33.2 Å². The van der Waals surface area contributed by atoms with Crippen molar-refractivity contribution in [2.45, 2.75) is 36.4 Å². The predicted octanol–water partition coefficient (Wildman–Crippen LogP) is 4.66. The SMILES string of the molecule is CC(=O)OC1S[C@H](COC(=O)c2ccccc2)[C@H](OC(=O)c2ccccc2)[C@@H]1OCc1ccccc1. The summed E-state index contributed by atoms with van der Waals surface area (Å²) in [5, 5.41) is -0.518. The summed E-state index contributed by atoms with van der Waals surface area (Å²) in [7, 11) is 0. The Morgan fingerprint density at radius 1 is 0.722 bits per heavy atom. The summed E-state index contributed by atoms with van der Waals surface area (Å²) in [6.07, 6.45) is -1.61. The van der Waals surface area contributed by atoms with Gasteiger partial charge in [-0.2, -0.15) is 0 Å². The van der Waals surface area contributed by atoms with Gasteiger partial charge < -0.3 is 18.9 Å². The van der Waals surface area contributed by atoms with Gasteiger partial charge in [0.2, 0.25) is 0 Å². The summed E-state index contributed by atoms with van der Waals surface area (Å²) in [5.74, 6) is -1.53. The number of benzene rings is 3. The minimum atomic E-state index is -0.834. The fraction of sp³-hybridized carbons (Fsp3) is 0.250. The van der Waals surface area contributed by atoms with E-state index in [1.165, 1.54) is 18.7 Å². The van der Waals surface area contributed by atoms with Gasteiger partial charge in [0, 0.05) is 6.92 Å². The van der Waals surface area contributed by atoms with E-state index in [-0.39, 0.29) is 13.2 Å². The Bertz CT molecular complexity index is 1150. The van der Waals surface area contributed by atoms with Crippen LogP contribution in [-0.4, -0.2) is 47.4 Å². The average molecular weight is 507 g/mol. The van der Waals surface area contributed by atoms with Gasteiger partial charge in [-0.25, -0.2) is 9.59 Å². The Balaban J connectivity index is 1.54. The lowest BCUT2D eigenvalue weighted by Crippen LogP contribution is -2.41. The van der Waals surface area contributed by atoms with Crippen molar-refractivity contribution in [2.75, 3.05) is 6.61 Å². The van der Waals surface area contributed by atoms with Gasteiger partial charge in [0.1, 0.15) is 18.8 Å². The summed E-state index contributed by atoms with van der Waals surface area (Å²) >= 11 is 1.24. The van der Waals surface area contributed by atoms with Crippen LogP contribution in [0.15, 0.2) is 91.0 Å². The third-order valence-electron chi connectivity index (χ3n) is 5.48. The second kappa shape index (κ2) is 12.4. The largest absolute Gasteiger partial charge is 0.461 e. The van der Waals surface area contributed by atoms with Crippen molar-refractivity contribution in [1.82, 2.24) is 0 Å². The number of thioether (sulfide) groups is 1. The molecule has 0 amide bonds. The van der Waals surface area contributed by atoms with E-state index >= 15 is 0 Å². The Hall–Kier alpha value is -3.62. The topological polar surface area (TPSA) is 88.1 Å². The number of ether oxygens (including phenoxy) is 4. The first-order valence-electron chi connectivity index (χ1n) is 11.5. The van der Waals surface area contributed by atoms with Gasteiger partial charge in [0.25, 0.3) is 0 Å². The predicted molar refractivity (Wildman–Crippen MR) is 134 cm³/mol. The third-order valence-corrected chi connectivity index (χ3v) is 6.86. The first-order valence-corrected chi connectivity index (χ1v) is 12.4. The standard InChI is InChI=1S/C28H26O7S/c1-19(29)34-28-25(32-17-20-11-5-2-6-12-20)24(35-27(31)22-15-9-4-10-16-22)23(36-28)18-33-26(30)21-13-7-3-8-14-21/h2-16,23-25,28H,17-18H2,1H3/t23-,24+,25+,28?/m1/s1. The van der Waals surface area contributed by atoms with Gasteiger partial charge in [-0.15, -0.1) is 11.8 Å². The molecule has 186 valence electrons. The van der Waals surface area contributed by atoms with Crippen LogP contribution in [0.3, 0.4) is 0 Å². The fourth-order valence-corrected chi connectivity index (χ4v) is 5.19. The Morgan fingerprint density at radius 3 is 1.86 bits per heavy atom. The Kier molecular flexibility index (Phi) is 8.76. The van der Waals surface area contributed by atoms with Crippen LogP contribution in [0.4, 0.5) is 0 Å². The normalized spacial score (nSPS) is 20.9. The lowest BCUT2D eigenvalue weighted by atomic mass is 10.1. The monoisotopic (exact) mass is 506 g/mol. The van der Waals surface area contributed by atoms with Gasteiger partial charge in [-0.05, 0) is 29.8 Å². The number of hydrogen-bond acceptors (Lipinski definition) is 8. The molecule has 0 saturated carbocycles. The number of rotatable bonds is 9. The van der Waals surface area contributed by atoms with Crippen LogP contribution in [0.25, 0.3) is 0 Å². The molecule has 3 aromatic carbocycles. The van der Waals surface area contributed by atoms with Gasteiger partial charge in [-0.3, -0.25) is 4.79 Å². The zero-order chi connectivity index (χ0) is 25.3. The van der Waals surface area contributed by atoms with E-state index in [1.807, 2.05) is 30.3 Å². The van der Waals surface area contributed by atoms with Crippen molar-refractivity contribution in [2.24, 2.45) is 0 Å². The average Bonchev–Trinajstić information content (AvgIpc) is 3.22. The maximum atomic E-state index is 13.0. The molecule has 4 atom stereocenters. The van der Waals surface area contributed by atoms with E-state index in [0.717, 1.165) is 5.56 Å². The van der Waals surface area contributed by atoms with Crippen LogP contribution in [0.2, 0.25) is 0 Å². The maximum absolute atomic E-state index is 13.0. The third kappa shape index (κ3) is 6.74. The fourth-order valence-electron chi connectivity index (χ4n) is 3.75. The molecule has 36 heavy (non-hydrogen) atoms. The first kappa shape index (κ1) is 25.5. The van der Waals surface area contributed by atoms with E-state index < -0.39 is 40.8 Å². The molecule has 1 aliphatic rings.